The lowest BCUT2D eigenvalue weighted by atomic mass is 10.1. The number of rotatable bonds is 9. The molecule has 0 aliphatic rings. The first-order valence-electron chi connectivity index (χ1n) is 8.83. The summed E-state index contributed by atoms with van der Waals surface area (Å²) in [6.07, 6.45) is 5.43. The Labute approximate surface area is 160 Å². The molecule has 0 fully saturated rings. The molecule has 9 heteroatoms. The van der Waals surface area contributed by atoms with E-state index in [1.54, 1.807) is 7.11 Å². The molecule has 1 heterocycles. The quantitative estimate of drug-likeness (QED) is 0.474. The number of methoxy groups -OCH3 is 1. The standard InChI is InChI=1S/C18H27N3O.H3O4P/c1-14(2)19-9-5-4-6-10-20-17-13-16(22-3)12-15-8-7-11-21-18(15)17;1-5(2,3)4/h7-8,11-14,19-20H,4-6,9-10H2,1-3H3;(H3,1,2,3,4)/p-3. The summed E-state index contributed by atoms with van der Waals surface area (Å²) in [4.78, 5) is 30.1. The van der Waals surface area contributed by atoms with Crippen LogP contribution in [0.1, 0.15) is 33.1 Å². The SMILES string of the molecule is COc1cc(NCCCCCNC(C)C)c2ncccc2c1.O=P([O-])([O-])[O-]. The van der Waals surface area contributed by atoms with Crippen molar-refractivity contribution < 1.29 is 24.0 Å². The van der Waals surface area contributed by atoms with Gasteiger partial charge in [0.15, 0.2) is 0 Å². The molecule has 0 aliphatic carbocycles. The summed E-state index contributed by atoms with van der Waals surface area (Å²) in [7, 11) is -3.69. The van der Waals surface area contributed by atoms with E-state index in [4.69, 9.17) is 24.0 Å². The third-order valence-electron chi connectivity index (χ3n) is 3.64. The zero-order chi connectivity index (χ0) is 20.3. The average Bonchev–Trinajstić information content (AvgIpc) is 2.58. The number of fused-ring (bicyclic) bond motifs is 1. The van der Waals surface area contributed by atoms with Gasteiger partial charge in [0.2, 0.25) is 0 Å². The summed E-state index contributed by atoms with van der Waals surface area (Å²) in [5.74, 6) is 0.865. The van der Waals surface area contributed by atoms with Crippen molar-refractivity contribution in [1.29, 1.82) is 0 Å². The van der Waals surface area contributed by atoms with E-state index in [2.05, 4.69) is 35.5 Å². The predicted molar refractivity (Wildman–Crippen MR) is 101 cm³/mol. The molecular weight excluding hydrogens is 369 g/mol. The Hall–Kier alpha value is -1.70. The van der Waals surface area contributed by atoms with Crippen LogP contribution in [0.2, 0.25) is 0 Å². The Morgan fingerprint density at radius 1 is 1.15 bits per heavy atom. The number of benzene rings is 1. The van der Waals surface area contributed by atoms with Crippen LogP contribution >= 0.6 is 7.82 Å². The monoisotopic (exact) mass is 396 g/mol. The van der Waals surface area contributed by atoms with Gasteiger partial charge in [-0.2, -0.15) is 7.82 Å². The summed E-state index contributed by atoms with van der Waals surface area (Å²) < 4.78 is 13.9. The number of pyridine rings is 1. The minimum Gasteiger partial charge on any atom is -0.822 e. The van der Waals surface area contributed by atoms with E-state index >= 15 is 0 Å². The first-order chi connectivity index (χ1) is 12.7. The Kier molecular flexibility index (Phi) is 10.3. The third kappa shape index (κ3) is 10.9. The van der Waals surface area contributed by atoms with Crippen molar-refractivity contribution in [3.8, 4) is 5.75 Å². The number of anilines is 1. The van der Waals surface area contributed by atoms with Gasteiger partial charge >= 0.3 is 0 Å². The molecule has 0 saturated heterocycles. The number of nitrogens with zero attached hydrogens (tertiary/aromatic N) is 1. The Bertz CT molecular complexity index is 728. The van der Waals surface area contributed by atoms with E-state index in [0.717, 1.165) is 41.9 Å². The lowest BCUT2D eigenvalue weighted by molar-refractivity contribution is -0.432. The second kappa shape index (κ2) is 11.9. The zero-order valence-corrected chi connectivity index (χ0v) is 16.8. The highest BCUT2D eigenvalue weighted by molar-refractivity contribution is 7.40. The molecule has 2 aromatic rings. The Balaban J connectivity index is 0.000000646. The molecule has 0 amide bonds. The number of nitrogens with one attached hydrogen (secondary N) is 2. The maximum absolute atomic E-state index is 8.55. The van der Waals surface area contributed by atoms with Gasteiger partial charge in [0.1, 0.15) is 5.75 Å². The molecule has 0 atom stereocenters. The van der Waals surface area contributed by atoms with Crippen LogP contribution in [0.4, 0.5) is 5.69 Å². The molecule has 0 saturated carbocycles. The van der Waals surface area contributed by atoms with Gasteiger partial charge in [-0.25, -0.2) is 0 Å². The van der Waals surface area contributed by atoms with Crippen LogP contribution in [0.15, 0.2) is 30.5 Å². The number of ether oxygens (including phenoxy) is 1. The highest BCUT2D eigenvalue weighted by Gasteiger charge is 2.05. The highest BCUT2D eigenvalue weighted by atomic mass is 31.2. The van der Waals surface area contributed by atoms with E-state index in [9.17, 15) is 0 Å². The van der Waals surface area contributed by atoms with E-state index in [1.807, 2.05) is 24.4 Å². The fourth-order valence-electron chi connectivity index (χ4n) is 2.46. The number of unbranched alkanes of at least 4 members (excludes halogenated alkanes) is 2. The fraction of sp³-hybridized carbons (Fsp3) is 0.500. The molecule has 0 unspecified atom stereocenters. The maximum Gasteiger partial charge on any atom is 0.121 e. The molecule has 1 aromatic heterocycles. The summed E-state index contributed by atoms with van der Waals surface area (Å²) in [5, 5.41) is 8.05. The lowest BCUT2D eigenvalue weighted by Gasteiger charge is -2.36. The smallest absolute Gasteiger partial charge is 0.121 e. The number of hydrogen-bond donors (Lipinski definition) is 2. The minimum atomic E-state index is -5.39. The van der Waals surface area contributed by atoms with Crippen LogP contribution in [-0.2, 0) is 4.57 Å². The lowest BCUT2D eigenvalue weighted by Crippen LogP contribution is -2.24. The van der Waals surface area contributed by atoms with Gasteiger partial charge in [0.25, 0.3) is 0 Å². The molecule has 2 N–H and O–H groups in total. The molecule has 2 rings (SSSR count). The molecule has 0 spiro atoms. The molecule has 0 radical (unpaired) electrons. The molecule has 27 heavy (non-hydrogen) atoms. The highest BCUT2D eigenvalue weighted by Crippen LogP contribution is 2.27. The van der Waals surface area contributed by atoms with Crippen LogP contribution in [0.3, 0.4) is 0 Å². The summed E-state index contributed by atoms with van der Waals surface area (Å²) >= 11 is 0. The van der Waals surface area contributed by atoms with E-state index in [-0.39, 0.29) is 0 Å². The van der Waals surface area contributed by atoms with Crippen LogP contribution in [-0.4, -0.2) is 31.2 Å². The van der Waals surface area contributed by atoms with Crippen molar-refractivity contribution in [2.24, 2.45) is 0 Å². The minimum absolute atomic E-state index is 0.576. The summed E-state index contributed by atoms with van der Waals surface area (Å²) in [6.45, 7) is 6.42. The van der Waals surface area contributed by atoms with Gasteiger partial charge in [-0.1, -0.05) is 26.3 Å². The van der Waals surface area contributed by atoms with Crippen molar-refractivity contribution in [3.63, 3.8) is 0 Å². The van der Waals surface area contributed by atoms with Gasteiger partial charge in [0.05, 0.1) is 18.3 Å². The second-order valence-corrected chi connectivity index (χ2v) is 7.19. The molecule has 0 aliphatic heterocycles. The summed E-state index contributed by atoms with van der Waals surface area (Å²) in [5.41, 5.74) is 2.06. The van der Waals surface area contributed by atoms with Crippen molar-refractivity contribution in [1.82, 2.24) is 10.3 Å². The first-order valence-corrected chi connectivity index (χ1v) is 10.3. The van der Waals surface area contributed by atoms with Crippen molar-refractivity contribution in [2.45, 2.75) is 39.2 Å². The van der Waals surface area contributed by atoms with Crippen molar-refractivity contribution >= 4 is 24.4 Å². The van der Waals surface area contributed by atoms with E-state index in [0.29, 0.717) is 6.04 Å². The molecule has 8 nitrogen and oxygen atoms in total. The number of hydrogen-bond acceptors (Lipinski definition) is 8. The topological polar surface area (TPSA) is 132 Å². The van der Waals surface area contributed by atoms with Gasteiger partial charge in [-0.05, 0) is 31.5 Å². The predicted octanol–water partition coefficient (Wildman–Crippen LogP) is 0.999. The van der Waals surface area contributed by atoms with Gasteiger partial charge < -0.3 is 34.6 Å². The van der Waals surface area contributed by atoms with Crippen molar-refractivity contribution in [3.05, 3.63) is 30.5 Å². The largest absolute Gasteiger partial charge is 0.822 e. The van der Waals surface area contributed by atoms with Gasteiger partial charge in [0, 0.05) is 30.2 Å². The van der Waals surface area contributed by atoms with Crippen molar-refractivity contribution in [2.75, 3.05) is 25.5 Å². The molecule has 0 bridgehead atoms. The average molecular weight is 396 g/mol. The van der Waals surface area contributed by atoms with Crippen LogP contribution < -0.4 is 30.1 Å². The summed E-state index contributed by atoms with van der Waals surface area (Å²) in [6, 6.07) is 8.63. The van der Waals surface area contributed by atoms with E-state index < -0.39 is 7.82 Å². The molecular formula is C18H27N3O5P-3. The van der Waals surface area contributed by atoms with Crippen LogP contribution in [0.5, 0.6) is 5.75 Å². The fourth-order valence-corrected chi connectivity index (χ4v) is 2.46. The second-order valence-electron chi connectivity index (χ2n) is 6.29. The number of phosphoric acid groups is 1. The van der Waals surface area contributed by atoms with Crippen LogP contribution in [0.25, 0.3) is 10.9 Å². The van der Waals surface area contributed by atoms with E-state index in [1.165, 1.54) is 12.8 Å². The molecule has 1 aromatic carbocycles. The Morgan fingerprint density at radius 2 is 1.81 bits per heavy atom. The molecule has 152 valence electrons. The van der Waals surface area contributed by atoms with Gasteiger partial charge in [-0.15, -0.1) is 0 Å². The normalized spacial score (nSPS) is 11.2. The third-order valence-corrected chi connectivity index (χ3v) is 3.64. The van der Waals surface area contributed by atoms with Crippen LogP contribution in [0, 0.1) is 0 Å². The Morgan fingerprint density at radius 3 is 2.44 bits per heavy atom. The van der Waals surface area contributed by atoms with Gasteiger partial charge in [-0.3, -0.25) is 4.98 Å². The number of aromatic nitrogens is 1. The maximum atomic E-state index is 8.55. The zero-order valence-electron chi connectivity index (χ0n) is 15.9. The first kappa shape index (κ1) is 23.3.